The van der Waals surface area contributed by atoms with Gasteiger partial charge >= 0.3 is 0 Å². The second-order valence-corrected chi connectivity index (χ2v) is 75.2. The SMILES string of the molecule is COCCOCCOCCC[Si](C)[Si](C)(CCCOCCOCCOC)[Si](C)(CCCOCCOCCOC)[Si](C)(CCCOCCOCCOC)[Si](C)(CCCOCCOCCOC)[Si](C)CCCOCCOCCOC. The highest BCUT2D eigenvalue weighted by atomic mass is 30.0. The molecular weight excluding hydrogens is 1110 g/mol. The van der Waals surface area contributed by atoms with E-state index in [1.165, 1.54) is 36.3 Å². The zero-order valence-electron chi connectivity index (χ0n) is 52.0. The van der Waals surface area contributed by atoms with Gasteiger partial charge in [-0.25, -0.2) is 0 Å². The number of rotatable bonds is 65. The summed E-state index contributed by atoms with van der Waals surface area (Å²) in [5.41, 5.74) is 0. The predicted molar refractivity (Wildman–Crippen MR) is 327 cm³/mol. The van der Waals surface area contributed by atoms with Gasteiger partial charge in [0.25, 0.3) is 0 Å². The highest BCUT2D eigenvalue weighted by Crippen LogP contribution is 2.48. The molecule has 0 amide bonds. The minimum absolute atomic E-state index is 0.577. The Morgan fingerprint density at radius 2 is 0.385 bits per heavy atom. The van der Waals surface area contributed by atoms with Crippen molar-refractivity contribution in [1.82, 2.24) is 0 Å². The van der Waals surface area contributed by atoms with E-state index >= 15 is 0 Å². The first-order valence-electron chi connectivity index (χ1n) is 29.5. The first-order chi connectivity index (χ1) is 38.0. The lowest BCUT2D eigenvalue weighted by Crippen LogP contribution is -2.87. The van der Waals surface area contributed by atoms with E-state index in [0.29, 0.717) is 159 Å². The standard InChI is InChI=1S/C54H120O18Si6/c1-55-25-31-67-43-37-61-19-13-49-73(7)75(9,51-15-21-63-39-45-69-33-27-57-3)77(11,53-17-23-65-41-47-71-35-29-59-5)78(12,54-18-24-66-42-48-72-36-30-60-6)76(10,52-16-22-64-40-46-70-34-28-58-4)74(8)50-14-20-62-38-44-68-32-26-56-2/h13-54H2,1-12H3. The summed E-state index contributed by atoms with van der Waals surface area (Å²) in [6, 6.07) is 7.73. The molecule has 0 heterocycles. The molecule has 0 aliphatic carbocycles. The average Bonchev–Trinajstić information content (AvgIpc) is 3.63. The lowest BCUT2D eigenvalue weighted by Gasteiger charge is -2.63. The Hall–Kier alpha value is 0.581. The molecule has 0 aliphatic rings. The molecule has 4 unspecified atom stereocenters. The number of ether oxygens (including phenoxy) is 18. The maximum Gasteiger partial charge on any atom is 0.0701 e. The van der Waals surface area contributed by atoms with Crippen LogP contribution in [0.1, 0.15) is 38.5 Å². The van der Waals surface area contributed by atoms with Crippen LogP contribution >= 0.6 is 0 Å². The summed E-state index contributed by atoms with van der Waals surface area (Å²) in [5.74, 6) is 0. The van der Waals surface area contributed by atoms with Crippen molar-refractivity contribution in [3.8, 4) is 0 Å². The van der Waals surface area contributed by atoms with Crippen LogP contribution in [0.4, 0.5) is 0 Å². The van der Waals surface area contributed by atoms with E-state index in [1.54, 1.807) is 42.7 Å². The van der Waals surface area contributed by atoms with Crippen molar-refractivity contribution in [3.63, 3.8) is 0 Å². The summed E-state index contributed by atoms with van der Waals surface area (Å²) < 4.78 is 104. The Labute approximate surface area is 483 Å². The molecule has 0 aromatic rings. The van der Waals surface area contributed by atoms with Crippen molar-refractivity contribution in [1.29, 1.82) is 0 Å². The van der Waals surface area contributed by atoms with Crippen LogP contribution < -0.4 is 0 Å². The summed E-state index contributed by atoms with van der Waals surface area (Å²) in [6.45, 7) is 36.0. The zero-order chi connectivity index (χ0) is 57.6. The van der Waals surface area contributed by atoms with Gasteiger partial charge in [-0.1, -0.05) is 75.5 Å². The van der Waals surface area contributed by atoms with E-state index in [-0.39, 0.29) is 0 Å². The van der Waals surface area contributed by atoms with Crippen molar-refractivity contribution in [2.75, 3.05) is 241 Å². The van der Waals surface area contributed by atoms with E-state index < -0.39 is 45.1 Å². The van der Waals surface area contributed by atoms with E-state index in [0.717, 1.165) is 78.2 Å². The number of hydrogen-bond acceptors (Lipinski definition) is 18. The molecule has 0 rings (SSSR count). The molecule has 0 saturated carbocycles. The zero-order valence-corrected chi connectivity index (χ0v) is 58.0. The van der Waals surface area contributed by atoms with E-state index in [9.17, 15) is 0 Å². The Morgan fingerprint density at radius 1 is 0.218 bits per heavy atom. The van der Waals surface area contributed by atoms with E-state index in [1.807, 2.05) is 0 Å². The lowest BCUT2D eigenvalue weighted by atomic mass is 10.5. The molecule has 0 saturated heterocycles. The van der Waals surface area contributed by atoms with Crippen LogP contribution in [0.25, 0.3) is 0 Å². The number of methoxy groups -OCH3 is 6. The normalized spacial score (nSPS) is 15.3. The van der Waals surface area contributed by atoms with Gasteiger partial charge in [-0.05, 0) is 38.5 Å². The molecule has 2 radical (unpaired) electrons. The molecule has 0 N–H and O–H groups in total. The molecule has 24 heteroatoms. The Bertz CT molecular complexity index is 1170. The monoisotopic (exact) mass is 1220 g/mol. The van der Waals surface area contributed by atoms with Gasteiger partial charge in [0.05, 0.1) is 159 Å². The van der Waals surface area contributed by atoms with Crippen LogP contribution in [0.3, 0.4) is 0 Å². The Balaban J connectivity index is 7.51. The van der Waals surface area contributed by atoms with Gasteiger partial charge in [-0.3, -0.25) is 0 Å². The average molecular weight is 1230 g/mol. The summed E-state index contributed by atoms with van der Waals surface area (Å²) in [4.78, 5) is 0. The molecule has 0 aromatic carbocycles. The van der Waals surface area contributed by atoms with E-state index in [2.05, 4.69) is 39.3 Å². The van der Waals surface area contributed by atoms with Crippen LogP contribution in [-0.2, 0) is 85.3 Å². The molecule has 4 atom stereocenters. The van der Waals surface area contributed by atoms with Gasteiger partial charge in [-0.2, -0.15) is 0 Å². The molecule has 0 aromatic heterocycles. The molecule has 0 fully saturated rings. The van der Waals surface area contributed by atoms with Crippen LogP contribution in [-0.4, -0.2) is 286 Å². The fourth-order valence-electron chi connectivity index (χ4n) is 10.6. The predicted octanol–water partition coefficient (Wildman–Crippen LogP) is 7.36. The molecule has 78 heavy (non-hydrogen) atoms. The third kappa shape index (κ3) is 36.4. The van der Waals surface area contributed by atoms with Gasteiger partial charge in [0.1, 0.15) is 0 Å². The van der Waals surface area contributed by atoms with Crippen molar-refractivity contribution in [2.24, 2.45) is 0 Å². The molecule has 0 bridgehead atoms. The van der Waals surface area contributed by atoms with Crippen LogP contribution in [0.5, 0.6) is 0 Å². The smallest absolute Gasteiger partial charge is 0.0701 e. The fraction of sp³-hybridized carbons (Fsp3) is 1.00. The fourth-order valence-corrected chi connectivity index (χ4v) is 155. The minimum atomic E-state index is -2.16. The maximum absolute atomic E-state index is 6.47. The first-order valence-corrected chi connectivity index (χ1v) is 49.7. The number of hydrogen-bond donors (Lipinski definition) is 0. The molecule has 18 nitrogen and oxygen atoms in total. The summed E-state index contributed by atoms with van der Waals surface area (Å²) >= 11 is 0. The highest BCUT2D eigenvalue weighted by Gasteiger charge is 2.66. The minimum Gasteiger partial charge on any atom is -0.382 e. The van der Waals surface area contributed by atoms with Crippen molar-refractivity contribution in [3.05, 3.63) is 0 Å². The summed E-state index contributed by atoms with van der Waals surface area (Å²) in [5, 5.41) is 0. The van der Waals surface area contributed by atoms with Gasteiger partial charge in [-0.15, -0.1) is 0 Å². The molecule has 468 valence electrons. The van der Waals surface area contributed by atoms with Crippen LogP contribution in [0.2, 0.25) is 75.5 Å². The van der Waals surface area contributed by atoms with Crippen molar-refractivity contribution < 1.29 is 85.3 Å². The van der Waals surface area contributed by atoms with Crippen molar-refractivity contribution >= 4 is 45.1 Å². The Morgan fingerprint density at radius 3 is 0.590 bits per heavy atom. The highest BCUT2D eigenvalue weighted by molar-refractivity contribution is 7.95. The second-order valence-electron chi connectivity index (χ2n) is 20.8. The molecule has 0 spiro atoms. The summed E-state index contributed by atoms with van der Waals surface area (Å²) in [6.07, 6.45) is 6.50. The second kappa shape index (κ2) is 55.5. The van der Waals surface area contributed by atoms with E-state index in [4.69, 9.17) is 85.3 Å². The largest absolute Gasteiger partial charge is 0.382 e. The van der Waals surface area contributed by atoms with Gasteiger partial charge in [0.15, 0.2) is 0 Å². The quantitative estimate of drug-likeness (QED) is 0.0438. The lowest BCUT2D eigenvalue weighted by molar-refractivity contribution is 0.0248. The van der Waals surface area contributed by atoms with Gasteiger partial charge in [0, 0.05) is 127 Å². The van der Waals surface area contributed by atoms with Gasteiger partial charge in [0.2, 0.25) is 0 Å². The van der Waals surface area contributed by atoms with Crippen LogP contribution in [0, 0.1) is 0 Å². The summed E-state index contributed by atoms with van der Waals surface area (Å²) in [7, 11) is 0.209. The van der Waals surface area contributed by atoms with Crippen molar-refractivity contribution in [2.45, 2.75) is 114 Å². The molecule has 0 aliphatic heterocycles. The molecular formula is C54H120O18Si6. The topological polar surface area (TPSA) is 166 Å². The van der Waals surface area contributed by atoms with Gasteiger partial charge < -0.3 is 85.3 Å². The van der Waals surface area contributed by atoms with Crippen LogP contribution in [0.15, 0.2) is 0 Å². The third-order valence-electron chi connectivity index (χ3n) is 15.9. The third-order valence-corrected chi connectivity index (χ3v) is 120. The maximum atomic E-state index is 6.47. The first kappa shape index (κ1) is 78.6. The Kier molecular flexibility index (Phi) is 55.9.